The Bertz CT molecular complexity index is 489. The maximum Gasteiger partial charge on any atom is 0.229 e. The third kappa shape index (κ3) is 2.01. The zero-order valence-corrected chi connectivity index (χ0v) is 10.4. The van der Waals surface area contributed by atoms with Crippen molar-refractivity contribution in [1.82, 2.24) is 5.32 Å². The van der Waals surface area contributed by atoms with Gasteiger partial charge in [0.1, 0.15) is 5.82 Å². The summed E-state index contributed by atoms with van der Waals surface area (Å²) in [6.07, 6.45) is 3.09. The van der Waals surface area contributed by atoms with Gasteiger partial charge in [-0.1, -0.05) is 6.07 Å². The Balaban J connectivity index is 1.71. The first-order chi connectivity index (χ1) is 8.63. The molecule has 0 radical (unpaired) electrons. The molecule has 3 rings (SSSR count). The summed E-state index contributed by atoms with van der Waals surface area (Å²) < 4.78 is 13.7. The van der Waals surface area contributed by atoms with Gasteiger partial charge in [0.15, 0.2) is 0 Å². The summed E-state index contributed by atoms with van der Waals surface area (Å²) in [6.45, 7) is 1.83. The topological polar surface area (TPSA) is 41.1 Å². The van der Waals surface area contributed by atoms with Crippen LogP contribution in [0.2, 0.25) is 0 Å². The Kier molecular flexibility index (Phi) is 2.82. The van der Waals surface area contributed by atoms with Crippen LogP contribution >= 0.6 is 0 Å². The van der Waals surface area contributed by atoms with Crippen LogP contribution in [0.4, 0.5) is 10.1 Å². The quantitative estimate of drug-likeness (QED) is 0.842. The molecule has 2 saturated heterocycles. The van der Waals surface area contributed by atoms with Crippen LogP contribution in [-0.2, 0) is 4.79 Å². The first-order valence-electron chi connectivity index (χ1n) is 6.46. The van der Waals surface area contributed by atoms with Crippen LogP contribution in [0, 0.1) is 18.7 Å². The van der Waals surface area contributed by atoms with E-state index < -0.39 is 0 Å². The van der Waals surface area contributed by atoms with Crippen LogP contribution in [0.5, 0.6) is 0 Å². The van der Waals surface area contributed by atoms with Gasteiger partial charge < -0.3 is 10.6 Å². The van der Waals surface area contributed by atoms with Gasteiger partial charge in [-0.3, -0.25) is 4.79 Å². The molecule has 3 atom stereocenters. The number of hydrogen-bond acceptors (Lipinski definition) is 2. The minimum absolute atomic E-state index is 0.00977. The summed E-state index contributed by atoms with van der Waals surface area (Å²) in [5.41, 5.74) is 1.14. The molecule has 2 fully saturated rings. The summed E-state index contributed by atoms with van der Waals surface area (Å²) in [5, 5.41) is 6.12. The third-order valence-electron chi connectivity index (χ3n) is 4.02. The molecule has 2 heterocycles. The lowest BCUT2D eigenvalue weighted by atomic mass is 9.88. The normalized spacial score (nSPS) is 29.6. The van der Waals surface area contributed by atoms with Crippen LogP contribution in [0.15, 0.2) is 18.2 Å². The fraction of sp³-hybridized carbons (Fsp3) is 0.500. The fourth-order valence-electron chi connectivity index (χ4n) is 3.06. The molecule has 3 nitrogen and oxygen atoms in total. The van der Waals surface area contributed by atoms with Crippen molar-refractivity contribution >= 4 is 11.6 Å². The molecule has 2 N–H and O–H groups in total. The Labute approximate surface area is 106 Å². The summed E-state index contributed by atoms with van der Waals surface area (Å²) in [5.74, 6) is -0.429. The van der Waals surface area contributed by atoms with E-state index in [1.54, 1.807) is 12.1 Å². The second-order valence-corrected chi connectivity index (χ2v) is 5.36. The Morgan fingerprint density at radius 1 is 1.44 bits per heavy atom. The van der Waals surface area contributed by atoms with Crippen LogP contribution in [0.25, 0.3) is 0 Å². The summed E-state index contributed by atoms with van der Waals surface area (Å²) in [4.78, 5) is 12.1. The van der Waals surface area contributed by atoms with E-state index in [9.17, 15) is 9.18 Å². The average molecular weight is 248 g/mol. The number of nitrogens with one attached hydrogen (secondary N) is 2. The van der Waals surface area contributed by atoms with Crippen LogP contribution in [0.1, 0.15) is 24.8 Å². The van der Waals surface area contributed by atoms with Crippen LogP contribution < -0.4 is 10.6 Å². The Morgan fingerprint density at radius 3 is 2.89 bits per heavy atom. The highest BCUT2D eigenvalue weighted by atomic mass is 19.1. The molecule has 2 aliphatic rings. The second-order valence-electron chi connectivity index (χ2n) is 5.36. The lowest BCUT2D eigenvalue weighted by Gasteiger charge is -2.19. The van der Waals surface area contributed by atoms with E-state index in [0.29, 0.717) is 6.04 Å². The van der Waals surface area contributed by atoms with E-state index in [4.69, 9.17) is 0 Å². The molecule has 1 aromatic carbocycles. The number of hydrogen-bond donors (Lipinski definition) is 2. The van der Waals surface area contributed by atoms with Gasteiger partial charge in [0, 0.05) is 12.1 Å². The maximum absolute atomic E-state index is 13.7. The molecule has 18 heavy (non-hydrogen) atoms. The molecule has 1 amide bonds. The number of carbonyl (C=O) groups is 1. The molecule has 0 saturated carbocycles. The van der Waals surface area contributed by atoms with Crippen molar-refractivity contribution in [2.75, 3.05) is 5.32 Å². The van der Waals surface area contributed by atoms with E-state index >= 15 is 0 Å². The van der Waals surface area contributed by atoms with Gasteiger partial charge in [-0.25, -0.2) is 4.39 Å². The van der Waals surface area contributed by atoms with Gasteiger partial charge in [0.2, 0.25) is 5.91 Å². The van der Waals surface area contributed by atoms with Gasteiger partial charge in [-0.15, -0.1) is 0 Å². The number of fused-ring (bicyclic) bond motifs is 2. The van der Waals surface area contributed by atoms with E-state index in [1.807, 2.05) is 6.92 Å². The predicted octanol–water partition coefficient (Wildman–Crippen LogP) is 2.21. The first-order valence-corrected chi connectivity index (χ1v) is 6.46. The van der Waals surface area contributed by atoms with Crippen molar-refractivity contribution in [2.24, 2.45) is 5.92 Å². The van der Waals surface area contributed by atoms with Gasteiger partial charge in [-0.2, -0.15) is 0 Å². The minimum Gasteiger partial charge on any atom is -0.323 e. The van der Waals surface area contributed by atoms with Crippen molar-refractivity contribution in [1.29, 1.82) is 0 Å². The summed E-state index contributed by atoms with van der Waals surface area (Å²) in [6, 6.07) is 5.63. The molecule has 0 spiro atoms. The van der Waals surface area contributed by atoms with E-state index in [1.165, 1.54) is 6.07 Å². The Morgan fingerprint density at radius 2 is 2.28 bits per heavy atom. The molecule has 2 aliphatic heterocycles. The zero-order valence-electron chi connectivity index (χ0n) is 10.4. The molecular weight excluding hydrogens is 231 g/mol. The van der Waals surface area contributed by atoms with Crippen LogP contribution in [0.3, 0.4) is 0 Å². The molecule has 0 aliphatic carbocycles. The van der Waals surface area contributed by atoms with Crippen molar-refractivity contribution in [3.63, 3.8) is 0 Å². The molecule has 2 bridgehead atoms. The molecule has 4 heteroatoms. The minimum atomic E-state index is -0.362. The summed E-state index contributed by atoms with van der Waals surface area (Å²) >= 11 is 0. The van der Waals surface area contributed by atoms with Crippen molar-refractivity contribution < 1.29 is 9.18 Å². The second kappa shape index (κ2) is 4.35. The number of aryl methyl sites for hydroxylation is 1. The van der Waals surface area contributed by atoms with Gasteiger partial charge in [0.05, 0.1) is 11.6 Å². The molecule has 96 valence electrons. The van der Waals surface area contributed by atoms with E-state index in [-0.39, 0.29) is 29.4 Å². The van der Waals surface area contributed by atoms with Gasteiger partial charge in [0.25, 0.3) is 0 Å². The lowest BCUT2D eigenvalue weighted by molar-refractivity contribution is -0.120. The van der Waals surface area contributed by atoms with Crippen molar-refractivity contribution in [3.05, 3.63) is 29.6 Å². The highest BCUT2D eigenvalue weighted by Gasteiger charge is 2.42. The number of anilines is 1. The highest BCUT2D eigenvalue weighted by Crippen LogP contribution is 2.34. The van der Waals surface area contributed by atoms with Gasteiger partial charge >= 0.3 is 0 Å². The largest absolute Gasteiger partial charge is 0.323 e. The lowest BCUT2D eigenvalue weighted by Crippen LogP contribution is -2.33. The van der Waals surface area contributed by atoms with Crippen LogP contribution in [-0.4, -0.2) is 18.0 Å². The first kappa shape index (κ1) is 11.7. The molecule has 0 aromatic heterocycles. The van der Waals surface area contributed by atoms with Crippen molar-refractivity contribution in [3.8, 4) is 0 Å². The van der Waals surface area contributed by atoms with E-state index in [2.05, 4.69) is 10.6 Å². The average Bonchev–Trinajstić information content (AvgIpc) is 2.94. The number of amides is 1. The third-order valence-corrected chi connectivity index (χ3v) is 4.02. The molecule has 1 aromatic rings. The SMILES string of the molecule is Cc1ccc(NC(=O)C2CC3CCC2N3)c(F)c1. The fourth-order valence-corrected chi connectivity index (χ4v) is 3.06. The Hall–Kier alpha value is -1.42. The number of carbonyl (C=O) groups excluding carboxylic acids is 1. The number of halogens is 1. The maximum atomic E-state index is 13.7. The zero-order chi connectivity index (χ0) is 12.7. The number of rotatable bonds is 2. The highest BCUT2D eigenvalue weighted by molar-refractivity contribution is 5.93. The monoisotopic (exact) mass is 248 g/mol. The van der Waals surface area contributed by atoms with E-state index in [0.717, 1.165) is 24.8 Å². The standard InChI is InChI=1S/C14H17FN2O/c1-8-2-4-13(11(15)6-8)17-14(18)10-7-9-3-5-12(10)16-9/h2,4,6,9-10,12,16H,3,5,7H2,1H3,(H,17,18). The molecular formula is C14H17FN2O. The summed E-state index contributed by atoms with van der Waals surface area (Å²) in [7, 11) is 0. The number of benzene rings is 1. The van der Waals surface area contributed by atoms with Gasteiger partial charge in [-0.05, 0) is 43.9 Å². The molecule has 3 unspecified atom stereocenters. The predicted molar refractivity (Wildman–Crippen MR) is 67.8 cm³/mol. The smallest absolute Gasteiger partial charge is 0.229 e. The van der Waals surface area contributed by atoms with Crippen molar-refractivity contribution in [2.45, 2.75) is 38.3 Å².